The lowest BCUT2D eigenvalue weighted by Crippen LogP contribution is -2.47. The molecule has 1 heterocycles. The minimum Gasteiger partial charge on any atom is -0.379 e. The number of benzene rings is 1. The van der Waals surface area contributed by atoms with Crippen molar-refractivity contribution in [3.63, 3.8) is 0 Å². The van der Waals surface area contributed by atoms with Crippen LogP contribution in [0, 0.1) is 0 Å². The fourth-order valence-electron chi connectivity index (χ4n) is 2.41. The summed E-state index contributed by atoms with van der Waals surface area (Å²) in [5, 5.41) is 0.743. The van der Waals surface area contributed by atoms with Gasteiger partial charge in [-0.15, -0.1) is 0 Å². The molecule has 0 amide bonds. The predicted octanol–water partition coefficient (Wildman–Crippen LogP) is 2.82. The molecule has 1 aromatic carbocycles. The molecule has 2 N–H and O–H groups in total. The quantitative estimate of drug-likeness (QED) is 0.924. The number of nitrogens with two attached hydrogens (primary N) is 1. The second-order valence-electron chi connectivity index (χ2n) is 4.58. The van der Waals surface area contributed by atoms with Crippen molar-refractivity contribution in [1.29, 1.82) is 0 Å². The third-order valence-corrected chi connectivity index (χ3v) is 4.32. The van der Waals surface area contributed by atoms with Crippen molar-refractivity contribution in [3.8, 4) is 0 Å². The summed E-state index contributed by atoms with van der Waals surface area (Å²) in [5.74, 6) is 0. The van der Waals surface area contributed by atoms with Gasteiger partial charge in [-0.2, -0.15) is 0 Å². The molecule has 2 rings (SSSR count). The van der Waals surface area contributed by atoms with E-state index in [1.54, 1.807) is 0 Å². The minimum atomic E-state index is 0.178. The Morgan fingerprint density at radius 3 is 3.06 bits per heavy atom. The fourth-order valence-corrected chi connectivity index (χ4v) is 3.11. The van der Waals surface area contributed by atoms with Crippen LogP contribution in [0.5, 0.6) is 0 Å². The summed E-state index contributed by atoms with van der Waals surface area (Å²) < 4.78 is 6.53. The number of ether oxygens (including phenoxy) is 1. The first-order valence-electron chi connectivity index (χ1n) is 6.12. The van der Waals surface area contributed by atoms with Crippen LogP contribution in [0.15, 0.2) is 22.7 Å². The molecule has 2 atom stereocenters. The molecule has 0 radical (unpaired) electrons. The number of rotatable bonds is 3. The summed E-state index contributed by atoms with van der Waals surface area (Å²) in [6.07, 6.45) is 0. The van der Waals surface area contributed by atoms with Gasteiger partial charge in [0.15, 0.2) is 0 Å². The van der Waals surface area contributed by atoms with Gasteiger partial charge in [-0.05, 0) is 30.7 Å². The molecule has 1 saturated heterocycles. The molecular weight excluding hydrogens is 316 g/mol. The highest BCUT2D eigenvalue weighted by atomic mass is 79.9. The van der Waals surface area contributed by atoms with Crippen molar-refractivity contribution in [2.45, 2.75) is 19.0 Å². The maximum absolute atomic E-state index is 6.09. The normalized spacial score (nSPS) is 23.0. The lowest BCUT2D eigenvalue weighted by Gasteiger charge is -2.39. The smallest absolute Gasteiger partial charge is 0.0620 e. The zero-order valence-corrected chi connectivity index (χ0v) is 12.7. The van der Waals surface area contributed by atoms with Gasteiger partial charge in [-0.25, -0.2) is 0 Å². The molecular formula is C13H18BrClN2O. The van der Waals surface area contributed by atoms with E-state index in [1.807, 2.05) is 18.2 Å². The molecule has 0 spiro atoms. The highest BCUT2D eigenvalue weighted by molar-refractivity contribution is 9.10. The van der Waals surface area contributed by atoms with Crippen molar-refractivity contribution in [2.24, 2.45) is 5.73 Å². The van der Waals surface area contributed by atoms with Crippen LogP contribution in [0.1, 0.15) is 18.5 Å². The van der Waals surface area contributed by atoms with Crippen LogP contribution in [-0.4, -0.2) is 37.2 Å². The Morgan fingerprint density at radius 2 is 2.39 bits per heavy atom. The maximum atomic E-state index is 6.09. The molecule has 1 aliphatic heterocycles. The summed E-state index contributed by atoms with van der Waals surface area (Å²) in [4.78, 5) is 2.39. The van der Waals surface area contributed by atoms with E-state index in [-0.39, 0.29) is 6.04 Å². The van der Waals surface area contributed by atoms with Crippen LogP contribution in [0.3, 0.4) is 0 Å². The van der Waals surface area contributed by atoms with E-state index in [9.17, 15) is 0 Å². The highest BCUT2D eigenvalue weighted by Crippen LogP contribution is 2.31. The van der Waals surface area contributed by atoms with E-state index in [1.165, 1.54) is 0 Å². The largest absolute Gasteiger partial charge is 0.379 e. The van der Waals surface area contributed by atoms with Crippen LogP contribution >= 0.6 is 27.5 Å². The van der Waals surface area contributed by atoms with Crippen molar-refractivity contribution < 1.29 is 4.74 Å². The number of halogens is 2. The molecule has 0 aliphatic carbocycles. The summed E-state index contributed by atoms with van der Waals surface area (Å²) in [6.45, 7) is 5.17. The Bertz CT molecular complexity index is 416. The zero-order chi connectivity index (χ0) is 13.1. The lowest BCUT2D eigenvalue weighted by molar-refractivity contribution is -0.0210. The third kappa shape index (κ3) is 3.06. The van der Waals surface area contributed by atoms with Crippen LogP contribution in [0.25, 0.3) is 0 Å². The molecule has 0 aromatic heterocycles. The molecule has 1 aliphatic rings. The molecule has 1 fully saturated rings. The molecule has 2 unspecified atom stereocenters. The van der Waals surface area contributed by atoms with Gasteiger partial charge in [-0.3, -0.25) is 4.90 Å². The van der Waals surface area contributed by atoms with E-state index < -0.39 is 0 Å². The summed E-state index contributed by atoms with van der Waals surface area (Å²) in [6, 6.07) is 6.40. The SMILES string of the molecule is CC1COCCN1C(CN)c1cc(Cl)ccc1Br. The van der Waals surface area contributed by atoms with Crippen LogP contribution < -0.4 is 5.73 Å². The minimum absolute atomic E-state index is 0.178. The van der Waals surface area contributed by atoms with E-state index in [2.05, 4.69) is 27.8 Å². The molecule has 3 nitrogen and oxygen atoms in total. The van der Waals surface area contributed by atoms with Gasteiger partial charge < -0.3 is 10.5 Å². The number of hydrogen-bond donors (Lipinski definition) is 1. The molecule has 0 bridgehead atoms. The van der Waals surface area contributed by atoms with E-state index >= 15 is 0 Å². The van der Waals surface area contributed by atoms with Crippen LogP contribution in [0.4, 0.5) is 0 Å². The van der Waals surface area contributed by atoms with Gasteiger partial charge in [0.1, 0.15) is 0 Å². The standard InChI is InChI=1S/C13H18BrClN2O/c1-9-8-18-5-4-17(9)13(7-16)11-6-10(15)2-3-12(11)14/h2-3,6,9,13H,4-5,7-8,16H2,1H3. The first kappa shape index (κ1) is 14.3. The van der Waals surface area contributed by atoms with Gasteiger partial charge in [-0.1, -0.05) is 27.5 Å². The maximum Gasteiger partial charge on any atom is 0.0620 e. The van der Waals surface area contributed by atoms with Crippen molar-refractivity contribution >= 4 is 27.5 Å². The van der Waals surface area contributed by atoms with E-state index in [0.717, 1.165) is 34.8 Å². The van der Waals surface area contributed by atoms with Crippen LogP contribution in [-0.2, 0) is 4.74 Å². The highest BCUT2D eigenvalue weighted by Gasteiger charge is 2.28. The van der Waals surface area contributed by atoms with E-state index in [4.69, 9.17) is 22.1 Å². The first-order chi connectivity index (χ1) is 8.63. The lowest BCUT2D eigenvalue weighted by atomic mass is 10.0. The second-order valence-corrected chi connectivity index (χ2v) is 5.87. The Morgan fingerprint density at radius 1 is 1.61 bits per heavy atom. The van der Waals surface area contributed by atoms with Gasteiger partial charge in [0.05, 0.1) is 13.2 Å². The molecule has 0 saturated carbocycles. The number of nitrogens with zero attached hydrogens (tertiary/aromatic N) is 1. The van der Waals surface area contributed by atoms with Gasteiger partial charge in [0.25, 0.3) is 0 Å². The molecule has 1 aromatic rings. The Hall–Kier alpha value is -0.130. The zero-order valence-electron chi connectivity index (χ0n) is 10.4. The Kier molecular flexibility index (Phi) is 5.04. The average molecular weight is 334 g/mol. The monoisotopic (exact) mass is 332 g/mol. The third-order valence-electron chi connectivity index (χ3n) is 3.36. The number of morpholine rings is 1. The van der Waals surface area contributed by atoms with Crippen molar-refractivity contribution in [1.82, 2.24) is 4.90 Å². The topological polar surface area (TPSA) is 38.5 Å². The summed E-state index contributed by atoms with van der Waals surface area (Å²) >= 11 is 9.67. The summed E-state index contributed by atoms with van der Waals surface area (Å²) in [7, 11) is 0. The van der Waals surface area contributed by atoms with Gasteiger partial charge in [0, 0.05) is 34.7 Å². The van der Waals surface area contributed by atoms with Crippen LogP contribution in [0.2, 0.25) is 5.02 Å². The molecule has 5 heteroatoms. The fraction of sp³-hybridized carbons (Fsp3) is 0.538. The van der Waals surface area contributed by atoms with Gasteiger partial charge in [0.2, 0.25) is 0 Å². The van der Waals surface area contributed by atoms with E-state index in [0.29, 0.717) is 12.6 Å². The number of hydrogen-bond acceptors (Lipinski definition) is 3. The first-order valence-corrected chi connectivity index (χ1v) is 7.29. The second kappa shape index (κ2) is 6.35. The molecule has 18 heavy (non-hydrogen) atoms. The Balaban J connectivity index is 2.29. The Labute approximate surface area is 121 Å². The molecule has 100 valence electrons. The average Bonchev–Trinajstić information content (AvgIpc) is 2.36. The predicted molar refractivity (Wildman–Crippen MR) is 77.9 cm³/mol. The van der Waals surface area contributed by atoms with Crippen molar-refractivity contribution in [2.75, 3.05) is 26.3 Å². The van der Waals surface area contributed by atoms with Crippen molar-refractivity contribution in [3.05, 3.63) is 33.3 Å². The summed E-state index contributed by atoms with van der Waals surface area (Å²) in [5.41, 5.74) is 7.12. The van der Waals surface area contributed by atoms with Gasteiger partial charge >= 0.3 is 0 Å².